The van der Waals surface area contributed by atoms with Crippen molar-refractivity contribution in [2.24, 2.45) is 0 Å². The fourth-order valence-corrected chi connectivity index (χ4v) is 2.30. The first-order chi connectivity index (χ1) is 10.0. The number of methoxy groups -OCH3 is 1. The van der Waals surface area contributed by atoms with Gasteiger partial charge in [-0.25, -0.2) is 0 Å². The van der Waals surface area contributed by atoms with Crippen LogP contribution in [0, 0.1) is 17.0 Å². The molecule has 0 bridgehead atoms. The van der Waals surface area contributed by atoms with E-state index in [1.54, 1.807) is 19.2 Å². The van der Waals surface area contributed by atoms with Gasteiger partial charge in [0.05, 0.1) is 12.0 Å². The summed E-state index contributed by atoms with van der Waals surface area (Å²) in [6, 6.07) is 10.5. The number of nitrogens with zero attached hydrogens (tertiary/aromatic N) is 1. The van der Waals surface area contributed by atoms with Crippen LogP contribution >= 0.6 is 15.9 Å². The molecule has 0 unspecified atom stereocenters. The summed E-state index contributed by atoms with van der Waals surface area (Å²) in [4.78, 5) is 10.4. The van der Waals surface area contributed by atoms with Gasteiger partial charge in [0.1, 0.15) is 5.75 Å². The first-order valence-corrected chi connectivity index (χ1v) is 7.12. The molecule has 0 radical (unpaired) electrons. The Hall–Kier alpha value is -2.08. The van der Waals surface area contributed by atoms with Crippen molar-refractivity contribution in [2.75, 3.05) is 12.4 Å². The number of hydrogen-bond acceptors (Lipinski definition) is 4. The van der Waals surface area contributed by atoms with E-state index >= 15 is 0 Å². The van der Waals surface area contributed by atoms with E-state index in [1.165, 1.54) is 6.07 Å². The zero-order chi connectivity index (χ0) is 15.4. The van der Waals surface area contributed by atoms with Crippen molar-refractivity contribution in [3.8, 4) is 5.75 Å². The molecule has 21 heavy (non-hydrogen) atoms. The topological polar surface area (TPSA) is 64.4 Å². The average Bonchev–Trinajstić information content (AvgIpc) is 2.47. The van der Waals surface area contributed by atoms with Crippen LogP contribution in [0.3, 0.4) is 0 Å². The largest absolute Gasteiger partial charge is 0.497 e. The second-order valence-corrected chi connectivity index (χ2v) is 5.42. The third-order valence-corrected chi connectivity index (χ3v) is 3.93. The molecule has 110 valence electrons. The molecule has 0 aromatic heterocycles. The number of nitrogens with one attached hydrogen (secondary N) is 1. The highest BCUT2D eigenvalue weighted by Crippen LogP contribution is 2.26. The third kappa shape index (κ3) is 3.72. The molecule has 0 fully saturated rings. The molecule has 2 aromatic rings. The molecule has 0 aliphatic carbocycles. The SMILES string of the molecule is COc1ccc(Br)c(CNc2cc([N+](=O)[O-])ccc2C)c1. The van der Waals surface area contributed by atoms with Gasteiger partial charge >= 0.3 is 0 Å². The number of nitro groups is 1. The summed E-state index contributed by atoms with van der Waals surface area (Å²) in [6.07, 6.45) is 0. The molecule has 5 nitrogen and oxygen atoms in total. The van der Waals surface area contributed by atoms with Crippen molar-refractivity contribution in [3.05, 3.63) is 62.1 Å². The lowest BCUT2D eigenvalue weighted by molar-refractivity contribution is -0.384. The van der Waals surface area contributed by atoms with Gasteiger partial charge in [-0.3, -0.25) is 10.1 Å². The van der Waals surface area contributed by atoms with Gasteiger partial charge in [0.15, 0.2) is 0 Å². The van der Waals surface area contributed by atoms with Crippen LogP contribution in [-0.2, 0) is 6.54 Å². The Morgan fingerprint density at radius 3 is 2.71 bits per heavy atom. The molecule has 0 heterocycles. The van der Waals surface area contributed by atoms with Crippen LogP contribution < -0.4 is 10.1 Å². The molecule has 0 aliphatic heterocycles. The van der Waals surface area contributed by atoms with E-state index < -0.39 is 4.92 Å². The molecular weight excluding hydrogens is 336 g/mol. The van der Waals surface area contributed by atoms with E-state index in [2.05, 4.69) is 21.2 Å². The van der Waals surface area contributed by atoms with Crippen LogP contribution in [0.5, 0.6) is 5.75 Å². The first kappa shape index (κ1) is 15.3. The smallest absolute Gasteiger partial charge is 0.271 e. The molecule has 0 saturated heterocycles. The fraction of sp³-hybridized carbons (Fsp3) is 0.200. The number of benzene rings is 2. The number of rotatable bonds is 5. The van der Waals surface area contributed by atoms with Gasteiger partial charge in [0.25, 0.3) is 5.69 Å². The van der Waals surface area contributed by atoms with E-state index in [1.807, 2.05) is 25.1 Å². The van der Waals surface area contributed by atoms with Gasteiger partial charge in [-0.15, -0.1) is 0 Å². The number of non-ortho nitro benzene ring substituents is 1. The quantitative estimate of drug-likeness (QED) is 0.645. The molecular formula is C15H15BrN2O3. The van der Waals surface area contributed by atoms with E-state index in [9.17, 15) is 10.1 Å². The van der Waals surface area contributed by atoms with Crippen molar-refractivity contribution < 1.29 is 9.66 Å². The van der Waals surface area contributed by atoms with Crippen LogP contribution in [0.4, 0.5) is 11.4 Å². The van der Waals surface area contributed by atoms with Gasteiger partial charge in [0.2, 0.25) is 0 Å². The molecule has 1 N–H and O–H groups in total. The molecule has 6 heteroatoms. The summed E-state index contributed by atoms with van der Waals surface area (Å²) in [5.41, 5.74) is 2.80. The highest BCUT2D eigenvalue weighted by Gasteiger charge is 2.09. The van der Waals surface area contributed by atoms with Crippen molar-refractivity contribution >= 4 is 27.3 Å². The van der Waals surface area contributed by atoms with E-state index in [4.69, 9.17) is 4.74 Å². The molecule has 2 rings (SSSR count). The number of nitro benzene ring substituents is 1. The number of aryl methyl sites for hydroxylation is 1. The summed E-state index contributed by atoms with van der Waals surface area (Å²) in [5.74, 6) is 0.769. The van der Waals surface area contributed by atoms with Crippen molar-refractivity contribution in [3.63, 3.8) is 0 Å². The zero-order valence-corrected chi connectivity index (χ0v) is 13.3. The van der Waals surface area contributed by atoms with Gasteiger partial charge in [-0.2, -0.15) is 0 Å². The number of hydrogen-bond donors (Lipinski definition) is 1. The molecule has 0 aliphatic rings. The number of anilines is 1. The monoisotopic (exact) mass is 350 g/mol. The predicted molar refractivity (Wildman–Crippen MR) is 85.9 cm³/mol. The second-order valence-electron chi connectivity index (χ2n) is 4.57. The molecule has 0 spiro atoms. The molecule has 0 atom stereocenters. The summed E-state index contributed by atoms with van der Waals surface area (Å²) in [7, 11) is 1.62. The van der Waals surface area contributed by atoms with Crippen LogP contribution in [0.1, 0.15) is 11.1 Å². The normalized spacial score (nSPS) is 10.2. The second kappa shape index (κ2) is 6.58. The summed E-state index contributed by atoms with van der Waals surface area (Å²) < 4.78 is 6.16. The third-order valence-electron chi connectivity index (χ3n) is 3.15. The minimum Gasteiger partial charge on any atom is -0.497 e. The van der Waals surface area contributed by atoms with Gasteiger partial charge in [-0.05, 0) is 36.2 Å². The summed E-state index contributed by atoms with van der Waals surface area (Å²) in [5, 5.41) is 14.1. The van der Waals surface area contributed by atoms with Crippen LogP contribution in [0.2, 0.25) is 0 Å². The lowest BCUT2D eigenvalue weighted by Crippen LogP contribution is -2.03. The molecule has 0 saturated carbocycles. The van der Waals surface area contributed by atoms with Gasteiger partial charge in [0, 0.05) is 28.8 Å². The maximum Gasteiger partial charge on any atom is 0.271 e. The Balaban J connectivity index is 2.20. The summed E-state index contributed by atoms with van der Waals surface area (Å²) in [6.45, 7) is 2.45. The van der Waals surface area contributed by atoms with Gasteiger partial charge < -0.3 is 10.1 Å². The molecule has 0 amide bonds. The van der Waals surface area contributed by atoms with Crippen molar-refractivity contribution in [1.82, 2.24) is 0 Å². The Labute approximate surface area is 131 Å². The van der Waals surface area contributed by atoms with Crippen LogP contribution in [-0.4, -0.2) is 12.0 Å². The minimum atomic E-state index is -0.397. The Bertz CT molecular complexity index is 674. The Morgan fingerprint density at radius 2 is 2.05 bits per heavy atom. The minimum absolute atomic E-state index is 0.0767. The van der Waals surface area contributed by atoms with Crippen LogP contribution in [0.25, 0.3) is 0 Å². The maximum absolute atomic E-state index is 10.8. The molecule has 2 aromatic carbocycles. The fourth-order valence-electron chi connectivity index (χ4n) is 1.92. The lowest BCUT2D eigenvalue weighted by Gasteiger charge is -2.12. The predicted octanol–water partition coefficient (Wildman–Crippen LogP) is 4.29. The van der Waals surface area contributed by atoms with Gasteiger partial charge in [-0.1, -0.05) is 22.0 Å². The maximum atomic E-state index is 10.8. The highest BCUT2D eigenvalue weighted by molar-refractivity contribution is 9.10. The highest BCUT2D eigenvalue weighted by atomic mass is 79.9. The van der Waals surface area contributed by atoms with E-state index in [0.29, 0.717) is 6.54 Å². The Morgan fingerprint density at radius 1 is 1.29 bits per heavy atom. The van der Waals surface area contributed by atoms with Crippen LogP contribution in [0.15, 0.2) is 40.9 Å². The first-order valence-electron chi connectivity index (χ1n) is 6.32. The summed E-state index contributed by atoms with van der Waals surface area (Å²) >= 11 is 3.49. The number of ether oxygens (including phenoxy) is 1. The average molecular weight is 351 g/mol. The zero-order valence-electron chi connectivity index (χ0n) is 11.7. The van der Waals surface area contributed by atoms with Crippen molar-refractivity contribution in [1.29, 1.82) is 0 Å². The Kier molecular flexibility index (Phi) is 4.80. The van der Waals surface area contributed by atoms with Crippen molar-refractivity contribution in [2.45, 2.75) is 13.5 Å². The van der Waals surface area contributed by atoms with E-state index in [0.717, 1.165) is 27.0 Å². The lowest BCUT2D eigenvalue weighted by atomic mass is 10.1. The standard InChI is InChI=1S/C15H15BrN2O3/c1-10-3-4-12(18(19)20)8-15(10)17-9-11-7-13(21-2)5-6-14(11)16/h3-8,17H,9H2,1-2H3. The number of halogens is 1. The van der Waals surface area contributed by atoms with E-state index in [-0.39, 0.29) is 5.69 Å².